The van der Waals surface area contributed by atoms with Crippen molar-refractivity contribution >= 4 is 44.2 Å². The average Bonchev–Trinajstić information content (AvgIpc) is 2.48. The fraction of sp³-hybridized carbons (Fsp3) is 0.200. The van der Waals surface area contributed by atoms with E-state index < -0.39 is 6.04 Å². The molecule has 21 heavy (non-hydrogen) atoms. The van der Waals surface area contributed by atoms with Crippen LogP contribution in [0.3, 0.4) is 0 Å². The first-order chi connectivity index (χ1) is 10.1. The lowest BCUT2D eigenvalue weighted by Crippen LogP contribution is -2.56. The smallest absolute Gasteiger partial charge is 0.243 e. The first-order valence-corrected chi connectivity index (χ1v) is 7.41. The van der Waals surface area contributed by atoms with Gasteiger partial charge in [0.1, 0.15) is 6.04 Å². The maximum absolute atomic E-state index is 12.1. The minimum absolute atomic E-state index is 0.0877. The van der Waals surface area contributed by atoms with Crippen LogP contribution >= 0.6 is 15.9 Å². The Morgan fingerprint density at radius 2 is 1.95 bits per heavy atom. The molecule has 2 aromatic rings. The number of carbonyl (C=O) groups is 2. The summed E-state index contributed by atoms with van der Waals surface area (Å²) in [5.41, 5.74) is 0.744. The molecule has 1 atom stereocenters. The Kier molecular flexibility index (Phi) is 3.90. The van der Waals surface area contributed by atoms with Gasteiger partial charge in [-0.05, 0) is 35.0 Å². The first-order valence-electron chi connectivity index (χ1n) is 6.62. The molecule has 3 N–H and O–H groups in total. The van der Waals surface area contributed by atoms with Crippen LogP contribution in [0.1, 0.15) is 0 Å². The van der Waals surface area contributed by atoms with E-state index in [9.17, 15) is 9.59 Å². The first kappa shape index (κ1) is 14.0. The molecule has 0 aromatic heterocycles. The second-order valence-corrected chi connectivity index (χ2v) is 5.85. The van der Waals surface area contributed by atoms with E-state index in [4.69, 9.17) is 0 Å². The number of halogens is 1. The quantitative estimate of drug-likeness (QED) is 0.773. The Hall–Kier alpha value is -1.92. The molecular formula is C15H14BrN3O2. The van der Waals surface area contributed by atoms with Gasteiger partial charge in [0.2, 0.25) is 11.8 Å². The van der Waals surface area contributed by atoms with Crippen molar-refractivity contribution in [3.05, 3.63) is 40.9 Å². The fourth-order valence-corrected chi connectivity index (χ4v) is 2.65. The number of hydrogen-bond acceptors (Lipinski definition) is 3. The molecule has 0 spiro atoms. The van der Waals surface area contributed by atoms with Crippen molar-refractivity contribution in [1.82, 2.24) is 10.6 Å². The van der Waals surface area contributed by atoms with E-state index in [1.807, 2.05) is 36.4 Å². The van der Waals surface area contributed by atoms with Gasteiger partial charge in [-0.15, -0.1) is 0 Å². The lowest BCUT2D eigenvalue weighted by Gasteiger charge is -2.23. The number of amides is 2. The van der Waals surface area contributed by atoms with Crippen LogP contribution in [0.25, 0.3) is 10.8 Å². The van der Waals surface area contributed by atoms with Gasteiger partial charge in [-0.3, -0.25) is 14.9 Å². The van der Waals surface area contributed by atoms with Gasteiger partial charge in [0.05, 0.1) is 6.54 Å². The van der Waals surface area contributed by atoms with Crippen LogP contribution in [-0.4, -0.2) is 30.9 Å². The highest BCUT2D eigenvalue weighted by Crippen LogP contribution is 2.23. The lowest BCUT2D eigenvalue weighted by atomic mass is 10.1. The Bertz CT molecular complexity index is 707. The number of nitrogens with one attached hydrogen (secondary N) is 3. The van der Waals surface area contributed by atoms with E-state index in [-0.39, 0.29) is 18.4 Å². The molecule has 1 heterocycles. The number of benzene rings is 2. The zero-order valence-corrected chi connectivity index (χ0v) is 12.7. The summed E-state index contributed by atoms with van der Waals surface area (Å²) in [6.45, 7) is 0.481. The maximum atomic E-state index is 12.1. The minimum Gasteiger partial charge on any atom is -0.353 e. The highest BCUT2D eigenvalue weighted by atomic mass is 79.9. The van der Waals surface area contributed by atoms with Crippen LogP contribution in [0.5, 0.6) is 0 Å². The van der Waals surface area contributed by atoms with Crippen molar-refractivity contribution in [2.75, 3.05) is 18.4 Å². The van der Waals surface area contributed by atoms with Gasteiger partial charge in [0, 0.05) is 16.7 Å². The summed E-state index contributed by atoms with van der Waals surface area (Å²) in [7, 11) is 0. The number of anilines is 1. The molecule has 1 saturated heterocycles. The molecule has 1 aliphatic heterocycles. The molecular weight excluding hydrogens is 334 g/mol. The Balaban J connectivity index is 1.74. The van der Waals surface area contributed by atoms with Gasteiger partial charge in [0.25, 0.3) is 0 Å². The van der Waals surface area contributed by atoms with Crippen LogP contribution in [0.4, 0.5) is 5.69 Å². The highest BCUT2D eigenvalue weighted by molar-refractivity contribution is 9.10. The second kappa shape index (κ2) is 5.83. The fourth-order valence-electron chi connectivity index (χ4n) is 2.28. The van der Waals surface area contributed by atoms with Crippen LogP contribution in [0.15, 0.2) is 40.9 Å². The normalized spacial score (nSPS) is 18.3. The van der Waals surface area contributed by atoms with E-state index >= 15 is 0 Å². The molecule has 0 aliphatic carbocycles. The summed E-state index contributed by atoms with van der Waals surface area (Å²) in [6, 6.07) is 11.4. The van der Waals surface area contributed by atoms with Gasteiger partial charge in [0.15, 0.2) is 0 Å². The van der Waals surface area contributed by atoms with Crippen molar-refractivity contribution in [2.24, 2.45) is 0 Å². The summed E-state index contributed by atoms with van der Waals surface area (Å²) in [6.07, 6.45) is 0. The van der Waals surface area contributed by atoms with Crippen molar-refractivity contribution in [2.45, 2.75) is 6.04 Å². The molecule has 0 saturated carbocycles. The van der Waals surface area contributed by atoms with Gasteiger partial charge in [-0.25, -0.2) is 0 Å². The summed E-state index contributed by atoms with van der Waals surface area (Å²) in [5.74, 6) is -0.234. The average molecular weight is 348 g/mol. The van der Waals surface area contributed by atoms with E-state index in [1.54, 1.807) is 0 Å². The third kappa shape index (κ3) is 3.22. The van der Waals surface area contributed by atoms with Crippen LogP contribution in [-0.2, 0) is 9.59 Å². The SMILES string of the molecule is O=C1CNC(C(=O)Nc2ccc3cc(Br)ccc3c2)CN1. The Morgan fingerprint density at radius 3 is 2.71 bits per heavy atom. The van der Waals surface area contributed by atoms with Crippen molar-refractivity contribution < 1.29 is 9.59 Å². The molecule has 108 valence electrons. The van der Waals surface area contributed by atoms with E-state index in [0.717, 1.165) is 20.9 Å². The Labute approximate surface area is 130 Å². The molecule has 1 fully saturated rings. The third-order valence-corrected chi connectivity index (χ3v) is 3.89. The summed E-state index contributed by atoms with van der Waals surface area (Å²) in [5, 5.41) is 10.6. The molecule has 2 amide bonds. The number of hydrogen-bond donors (Lipinski definition) is 3. The zero-order chi connectivity index (χ0) is 14.8. The van der Waals surface area contributed by atoms with E-state index in [2.05, 4.69) is 31.9 Å². The standard InChI is InChI=1S/C15H14BrN3O2/c16-11-3-1-10-6-12(4-2-9(10)5-11)19-15(21)13-7-18-14(20)8-17-13/h1-6,13,17H,7-8H2,(H,18,20)(H,19,21). The van der Waals surface area contributed by atoms with E-state index in [1.165, 1.54) is 0 Å². The molecule has 5 nitrogen and oxygen atoms in total. The molecule has 1 unspecified atom stereocenters. The third-order valence-electron chi connectivity index (χ3n) is 3.40. The van der Waals surface area contributed by atoms with Crippen LogP contribution in [0.2, 0.25) is 0 Å². The van der Waals surface area contributed by atoms with Crippen molar-refractivity contribution in [3.63, 3.8) is 0 Å². The number of fused-ring (bicyclic) bond motifs is 1. The highest BCUT2D eigenvalue weighted by Gasteiger charge is 2.23. The topological polar surface area (TPSA) is 70.2 Å². The van der Waals surface area contributed by atoms with Crippen LogP contribution < -0.4 is 16.0 Å². The van der Waals surface area contributed by atoms with Gasteiger partial charge in [-0.1, -0.05) is 28.1 Å². The largest absolute Gasteiger partial charge is 0.353 e. The number of rotatable bonds is 2. The minimum atomic E-state index is -0.400. The molecule has 1 aliphatic rings. The number of piperazine rings is 1. The molecule has 6 heteroatoms. The van der Waals surface area contributed by atoms with Crippen molar-refractivity contribution in [3.8, 4) is 0 Å². The zero-order valence-electron chi connectivity index (χ0n) is 11.2. The lowest BCUT2D eigenvalue weighted by molar-refractivity contribution is -0.124. The maximum Gasteiger partial charge on any atom is 0.243 e. The predicted octanol–water partition coefficient (Wildman–Crippen LogP) is 1.63. The van der Waals surface area contributed by atoms with E-state index in [0.29, 0.717) is 6.54 Å². The Morgan fingerprint density at radius 1 is 1.19 bits per heavy atom. The number of carbonyl (C=O) groups excluding carboxylic acids is 2. The summed E-state index contributed by atoms with van der Waals surface area (Å²) >= 11 is 3.44. The van der Waals surface area contributed by atoms with Gasteiger partial charge < -0.3 is 10.6 Å². The molecule has 0 radical (unpaired) electrons. The second-order valence-electron chi connectivity index (χ2n) is 4.93. The van der Waals surface area contributed by atoms with Gasteiger partial charge >= 0.3 is 0 Å². The van der Waals surface area contributed by atoms with Crippen LogP contribution in [0, 0.1) is 0 Å². The predicted molar refractivity (Wildman–Crippen MR) is 85.1 cm³/mol. The molecule has 2 aromatic carbocycles. The summed E-state index contributed by atoms with van der Waals surface area (Å²) in [4.78, 5) is 23.2. The summed E-state index contributed by atoms with van der Waals surface area (Å²) < 4.78 is 1.02. The van der Waals surface area contributed by atoms with Gasteiger partial charge in [-0.2, -0.15) is 0 Å². The molecule has 3 rings (SSSR count). The monoisotopic (exact) mass is 347 g/mol. The molecule has 0 bridgehead atoms. The van der Waals surface area contributed by atoms with Crippen molar-refractivity contribution in [1.29, 1.82) is 0 Å².